The Morgan fingerprint density at radius 3 is 2.08 bits per heavy atom. The van der Waals surface area contributed by atoms with Crippen LogP contribution in [0.25, 0.3) is 10.6 Å². The fourth-order valence-corrected chi connectivity index (χ4v) is 3.98. The molecule has 0 saturated carbocycles. The Hall–Kier alpha value is -1.49. The first-order chi connectivity index (χ1) is 11.3. The quantitative estimate of drug-likeness (QED) is 0.519. The van der Waals surface area contributed by atoms with Crippen molar-refractivity contribution in [3.05, 3.63) is 21.6 Å². The van der Waals surface area contributed by atoms with Gasteiger partial charge in [-0.3, -0.25) is 0 Å². The summed E-state index contributed by atoms with van der Waals surface area (Å²) in [7, 11) is 3.35. The van der Waals surface area contributed by atoms with E-state index in [2.05, 4.69) is 52.0 Å². The lowest BCUT2D eigenvalue weighted by Gasteiger charge is -2.13. The Labute approximate surface area is 156 Å². The summed E-state index contributed by atoms with van der Waals surface area (Å²) in [5.74, 6) is 5.03. The maximum atomic E-state index is 5.41. The summed E-state index contributed by atoms with van der Waals surface area (Å²) in [4.78, 5) is 5.52. The summed E-state index contributed by atoms with van der Waals surface area (Å²) >= 11 is 5.05. The Morgan fingerprint density at radius 2 is 1.62 bits per heavy atom. The van der Waals surface area contributed by atoms with Crippen LogP contribution in [0.5, 0.6) is 17.2 Å². The second kappa shape index (κ2) is 7.60. The van der Waals surface area contributed by atoms with Gasteiger partial charge >= 0.3 is 0 Å². The zero-order valence-corrected chi connectivity index (χ0v) is 18.0. The molecular weight excluding hydrogens is 406 g/mol. The molecule has 0 aliphatic heterocycles. The summed E-state index contributed by atoms with van der Waals surface area (Å²) in [5, 5.41) is 0.848. The van der Waals surface area contributed by atoms with Gasteiger partial charge in [-0.15, -0.1) is 16.9 Å². The first-order valence-corrected chi connectivity index (χ1v) is 12.4. The highest BCUT2D eigenvalue weighted by Gasteiger charge is 2.17. The molecule has 4 nitrogen and oxygen atoms in total. The summed E-state index contributed by atoms with van der Waals surface area (Å²) in [6.45, 7) is 6.65. The van der Waals surface area contributed by atoms with Crippen LogP contribution in [0.3, 0.4) is 0 Å². The van der Waals surface area contributed by atoms with Crippen molar-refractivity contribution in [2.75, 3.05) is 21.3 Å². The number of hydrogen-bond donors (Lipinski definition) is 0. The monoisotopic (exact) mass is 425 g/mol. The van der Waals surface area contributed by atoms with E-state index >= 15 is 0 Å². The summed E-state index contributed by atoms with van der Waals surface area (Å²) in [6, 6.07) is 3.78. The minimum atomic E-state index is -1.43. The summed E-state index contributed by atoms with van der Waals surface area (Å²) in [5.41, 5.74) is 4.27. The van der Waals surface area contributed by atoms with Crippen molar-refractivity contribution in [3.63, 3.8) is 0 Å². The molecule has 0 fully saturated rings. The lowest BCUT2D eigenvalue weighted by atomic mass is 10.2. The molecule has 0 unspecified atom stereocenters. The van der Waals surface area contributed by atoms with E-state index in [1.54, 1.807) is 32.7 Å². The number of hydrogen-bond acceptors (Lipinski definition) is 5. The minimum absolute atomic E-state index is 0.568. The minimum Gasteiger partial charge on any atom is -0.493 e. The number of rotatable bonds is 4. The predicted molar refractivity (Wildman–Crippen MR) is 105 cm³/mol. The van der Waals surface area contributed by atoms with Crippen LogP contribution >= 0.6 is 27.3 Å². The van der Waals surface area contributed by atoms with Crippen LogP contribution in [-0.2, 0) is 0 Å². The van der Waals surface area contributed by atoms with Crippen molar-refractivity contribution in [2.45, 2.75) is 19.6 Å². The van der Waals surface area contributed by atoms with Gasteiger partial charge in [-0.2, -0.15) is 0 Å². The van der Waals surface area contributed by atoms with Gasteiger partial charge in [0.05, 0.1) is 21.3 Å². The highest BCUT2D eigenvalue weighted by molar-refractivity contribution is 9.10. The smallest absolute Gasteiger partial charge is 0.203 e. The maximum absolute atomic E-state index is 5.41. The number of nitrogens with zero attached hydrogens (tertiary/aromatic N) is 1. The van der Waals surface area contributed by atoms with Crippen LogP contribution in [0.4, 0.5) is 0 Å². The van der Waals surface area contributed by atoms with Gasteiger partial charge in [0.1, 0.15) is 22.6 Å². The Balaban J connectivity index is 2.51. The van der Waals surface area contributed by atoms with E-state index in [4.69, 9.17) is 14.2 Å². The summed E-state index contributed by atoms with van der Waals surface area (Å²) in [6.07, 6.45) is 0. The predicted octanol–water partition coefficient (Wildman–Crippen LogP) is 4.83. The molecule has 2 aromatic rings. The highest BCUT2D eigenvalue weighted by atomic mass is 79.9. The molecule has 0 aliphatic rings. The Bertz CT molecular complexity index is 777. The molecule has 7 heteroatoms. The number of aromatic nitrogens is 1. The molecule has 24 heavy (non-hydrogen) atoms. The standard InChI is InChI=1S/C17H20BrNO3SSi/c1-20-12-9-11(10-13(21-2)15(12)22-3)17-19-16(18)14(23-17)7-8-24(4,5)6/h9-10H,1-6H3. The number of benzene rings is 1. The van der Waals surface area contributed by atoms with Crippen molar-refractivity contribution >= 4 is 35.3 Å². The first kappa shape index (κ1) is 18.8. The average Bonchev–Trinajstić information content (AvgIpc) is 2.91. The average molecular weight is 426 g/mol. The van der Waals surface area contributed by atoms with Crippen molar-refractivity contribution in [1.82, 2.24) is 4.98 Å². The normalized spacial score (nSPS) is 10.8. The molecule has 0 radical (unpaired) electrons. The molecule has 2 rings (SSSR count). The van der Waals surface area contributed by atoms with Gasteiger partial charge in [0.25, 0.3) is 0 Å². The third-order valence-electron chi connectivity index (χ3n) is 3.05. The lowest BCUT2D eigenvalue weighted by Crippen LogP contribution is -2.16. The van der Waals surface area contributed by atoms with Crippen LogP contribution in [0.15, 0.2) is 16.7 Å². The third kappa shape index (κ3) is 4.32. The van der Waals surface area contributed by atoms with Crippen molar-refractivity contribution in [1.29, 1.82) is 0 Å². The van der Waals surface area contributed by atoms with Gasteiger partial charge in [0.15, 0.2) is 11.5 Å². The van der Waals surface area contributed by atoms with Gasteiger partial charge in [-0.1, -0.05) is 25.6 Å². The third-order valence-corrected chi connectivity index (χ3v) is 5.78. The van der Waals surface area contributed by atoms with Crippen molar-refractivity contribution < 1.29 is 14.2 Å². The number of halogens is 1. The maximum Gasteiger partial charge on any atom is 0.203 e. The Morgan fingerprint density at radius 1 is 1.04 bits per heavy atom. The van der Waals surface area contributed by atoms with E-state index < -0.39 is 8.07 Å². The molecule has 1 aromatic heterocycles. The van der Waals surface area contributed by atoms with Gasteiger partial charge in [0.2, 0.25) is 5.75 Å². The molecule has 0 atom stereocenters. The molecule has 0 N–H and O–H groups in total. The van der Waals surface area contributed by atoms with E-state index in [9.17, 15) is 0 Å². The number of ether oxygens (including phenoxy) is 3. The van der Waals surface area contributed by atoms with Crippen LogP contribution in [-0.4, -0.2) is 34.4 Å². The number of thiazole rings is 1. The van der Waals surface area contributed by atoms with Gasteiger partial charge < -0.3 is 14.2 Å². The molecule has 1 aromatic carbocycles. The molecule has 0 aliphatic carbocycles. The number of methoxy groups -OCH3 is 3. The van der Waals surface area contributed by atoms with E-state index in [1.807, 2.05) is 12.1 Å². The summed E-state index contributed by atoms with van der Waals surface area (Å²) < 4.78 is 16.9. The van der Waals surface area contributed by atoms with Crippen molar-refractivity contribution in [3.8, 4) is 39.3 Å². The molecule has 0 saturated heterocycles. The molecule has 128 valence electrons. The first-order valence-electron chi connectivity index (χ1n) is 7.29. The fourth-order valence-electron chi connectivity index (χ4n) is 1.95. The molecule has 0 spiro atoms. The second-order valence-electron chi connectivity index (χ2n) is 6.05. The van der Waals surface area contributed by atoms with E-state index in [-0.39, 0.29) is 0 Å². The van der Waals surface area contributed by atoms with Crippen LogP contribution < -0.4 is 14.2 Å². The molecule has 0 amide bonds. The van der Waals surface area contributed by atoms with Gasteiger partial charge in [-0.25, -0.2) is 4.98 Å². The van der Waals surface area contributed by atoms with Crippen LogP contribution in [0.1, 0.15) is 4.88 Å². The SMILES string of the molecule is COc1cc(-c2nc(Br)c(C#C[Si](C)(C)C)s2)cc(OC)c1OC. The molecule has 0 bridgehead atoms. The van der Waals surface area contributed by atoms with Gasteiger partial charge in [-0.05, 0) is 28.1 Å². The molecular formula is C17H20BrNO3SSi. The topological polar surface area (TPSA) is 40.6 Å². The second-order valence-corrected chi connectivity index (χ2v) is 12.6. The zero-order valence-electron chi connectivity index (χ0n) is 14.6. The largest absolute Gasteiger partial charge is 0.493 e. The lowest BCUT2D eigenvalue weighted by molar-refractivity contribution is 0.324. The Kier molecular flexibility index (Phi) is 5.96. The van der Waals surface area contributed by atoms with Gasteiger partial charge in [0, 0.05) is 5.56 Å². The van der Waals surface area contributed by atoms with E-state index in [0.717, 1.165) is 20.1 Å². The van der Waals surface area contributed by atoms with E-state index in [1.165, 1.54) is 0 Å². The highest BCUT2D eigenvalue weighted by Crippen LogP contribution is 2.42. The molecule has 1 heterocycles. The van der Waals surface area contributed by atoms with Crippen molar-refractivity contribution in [2.24, 2.45) is 0 Å². The van der Waals surface area contributed by atoms with Crippen LogP contribution in [0.2, 0.25) is 19.6 Å². The van der Waals surface area contributed by atoms with Crippen LogP contribution in [0, 0.1) is 11.5 Å². The van der Waals surface area contributed by atoms with E-state index in [0.29, 0.717) is 17.2 Å². The zero-order chi connectivity index (χ0) is 17.9. The fraction of sp³-hybridized carbons (Fsp3) is 0.353.